The van der Waals surface area contributed by atoms with Crippen molar-refractivity contribution >= 4 is 29.0 Å². The molecule has 1 aliphatic carbocycles. The third kappa shape index (κ3) is 3.09. The Morgan fingerprint density at radius 2 is 1.71 bits per heavy atom. The van der Waals surface area contributed by atoms with E-state index in [0.717, 1.165) is 5.56 Å². The van der Waals surface area contributed by atoms with Crippen molar-refractivity contribution in [2.24, 2.45) is 5.92 Å². The molecule has 0 radical (unpaired) electrons. The van der Waals surface area contributed by atoms with Crippen LogP contribution in [0.3, 0.4) is 0 Å². The van der Waals surface area contributed by atoms with Crippen LogP contribution in [0.15, 0.2) is 34.5 Å². The summed E-state index contributed by atoms with van der Waals surface area (Å²) in [6, 6.07) is 5.15. The predicted octanol–water partition coefficient (Wildman–Crippen LogP) is 3.14. The average Bonchev–Trinajstić information content (AvgIpc) is 3.25. The summed E-state index contributed by atoms with van der Waals surface area (Å²) < 4.78 is 20.5. The Kier molecular flexibility index (Phi) is 5.60. The Bertz CT molecular complexity index is 930. The van der Waals surface area contributed by atoms with Crippen LogP contribution in [-0.2, 0) is 19.1 Å². The van der Waals surface area contributed by atoms with Crippen molar-refractivity contribution in [2.45, 2.75) is 5.92 Å². The summed E-state index contributed by atoms with van der Waals surface area (Å²) in [5.74, 6) is -2.60. The van der Waals surface area contributed by atoms with Crippen LogP contribution in [0.1, 0.15) is 22.6 Å². The molecule has 2 atom stereocenters. The molecule has 0 saturated carbocycles. The van der Waals surface area contributed by atoms with Crippen LogP contribution in [0, 0.1) is 5.92 Å². The Hall–Kier alpha value is -3.00. The van der Waals surface area contributed by atoms with Gasteiger partial charge in [0.05, 0.1) is 34.0 Å². The fourth-order valence-electron chi connectivity index (χ4n) is 3.53. The van der Waals surface area contributed by atoms with Gasteiger partial charge in [-0.25, -0.2) is 4.79 Å². The average molecular weight is 404 g/mol. The summed E-state index contributed by atoms with van der Waals surface area (Å²) >= 11 is 1.46. The number of aliphatic hydroxyl groups excluding tert-OH is 1. The van der Waals surface area contributed by atoms with Gasteiger partial charge in [0.2, 0.25) is 0 Å². The second kappa shape index (κ2) is 7.93. The van der Waals surface area contributed by atoms with Crippen molar-refractivity contribution in [1.82, 2.24) is 0 Å². The quantitative estimate of drug-likeness (QED) is 0.766. The highest BCUT2D eigenvalue weighted by Crippen LogP contribution is 2.49. The number of esters is 2. The van der Waals surface area contributed by atoms with Crippen LogP contribution in [0.4, 0.5) is 0 Å². The van der Waals surface area contributed by atoms with E-state index in [1.807, 2.05) is 16.8 Å². The number of hydrogen-bond acceptors (Lipinski definition) is 8. The molecule has 1 aromatic heterocycles. The van der Waals surface area contributed by atoms with E-state index in [0.29, 0.717) is 22.6 Å². The Labute approximate surface area is 166 Å². The maximum atomic E-state index is 12.7. The lowest BCUT2D eigenvalue weighted by Crippen LogP contribution is -2.34. The van der Waals surface area contributed by atoms with Gasteiger partial charge in [-0.2, -0.15) is 11.3 Å². The van der Waals surface area contributed by atoms with Gasteiger partial charge >= 0.3 is 11.9 Å². The first-order valence-electron chi connectivity index (χ1n) is 8.36. The van der Waals surface area contributed by atoms with E-state index in [4.69, 9.17) is 18.9 Å². The predicted molar refractivity (Wildman–Crippen MR) is 103 cm³/mol. The molecule has 8 heteroatoms. The molecule has 148 valence electrons. The molecule has 0 bridgehead atoms. The zero-order valence-electron chi connectivity index (χ0n) is 15.8. The Morgan fingerprint density at radius 3 is 2.25 bits per heavy atom. The van der Waals surface area contributed by atoms with Gasteiger partial charge < -0.3 is 24.1 Å². The van der Waals surface area contributed by atoms with Gasteiger partial charge in [0.1, 0.15) is 11.7 Å². The van der Waals surface area contributed by atoms with Gasteiger partial charge in [-0.15, -0.1) is 0 Å². The molecule has 0 unspecified atom stereocenters. The molecule has 0 fully saturated rings. The van der Waals surface area contributed by atoms with Crippen molar-refractivity contribution in [3.8, 4) is 11.5 Å². The Morgan fingerprint density at radius 1 is 1.04 bits per heavy atom. The standard InChI is InChI=1S/C20H20O7S/c1-24-13-7-11-12(8-14(13)25-2)18(21)17(20(23)27-4)16(19(22)26-3)15(11)10-5-6-28-9-10/h5-9,15-16,21H,1-4H3/t15-,16+/m1/s1. The number of fused-ring (bicyclic) bond motifs is 1. The minimum atomic E-state index is -1.07. The zero-order valence-corrected chi connectivity index (χ0v) is 16.7. The first-order valence-corrected chi connectivity index (χ1v) is 9.30. The van der Waals surface area contributed by atoms with E-state index >= 15 is 0 Å². The van der Waals surface area contributed by atoms with Crippen LogP contribution in [-0.4, -0.2) is 45.5 Å². The second-order valence-corrected chi connectivity index (χ2v) is 6.86. The molecule has 3 rings (SSSR count). The first-order chi connectivity index (χ1) is 13.5. The fourth-order valence-corrected chi connectivity index (χ4v) is 4.23. The topological polar surface area (TPSA) is 91.3 Å². The van der Waals surface area contributed by atoms with Crippen molar-refractivity contribution in [1.29, 1.82) is 0 Å². The second-order valence-electron chi connectivity index (χ2n) is 6.08. The van der Waals surface area contributed by atoms with Gasteiger partial charge in [-0.3, -0.25) is 4.79 Å². The molecule has 0 spiro atoms. The summed E-state index contributed by atoms with van der Waals surface area (Å²) in [6.07, 6.45) is 0. The minimum absolute atomic E-state index is 0.148. The van der Waals surface area contributed by atoms with Crippen molar-refractivity contribution in [2.75, 3.05) is 28.4 Å². The maximum Gasteiger partial charge on any atom is 0.338 e. The summed E-state index contributed by atoms with van der Waals surface area (Å²) in [7, 11) is 5.41. The van der Waals surface area contributed by atoms with E-state index in [9.17, 15) is 14.7 Å². The summed E-state index contributed by atoms with van der Waals surface area (Å²) in [4.78, 5) is 25.2. The molecule has 1 N–H and O–H groups in total. The first kappa shape index (κ1) is 19.8. The number of benzene rings is 1. The summed E-state index contributed by atoms with van der Waals surface area (Å²) in [5, 5.41) is 14.7. The number of thiophene rings is 1. The molecule has 7 nitrogen and oxygen atoms in total. The SMILES string of the molecule is COC(=O)C1=C(O)c2cc(OC)c(OC)cc2[C@@H](c2ccsc2)[C@@H]1C(=O)OC. The number of rotatable bonds is 5. The number of ether oxygens (including phenoxy) is 4. The molecule has 1 aromatic carbocycles. The lowest BCUT2D eigenvalue weighted by Gasteiger charge is -2.33. The highest BCUT2D eigenvalue weighted by Gasteiger charge is 2.46. The third-order valence-corrected chi connectivity index (χ3v) is 5.51. The minimum Gasteiger partial charge on any atom is -0.507 e. The molecule has 1 heterocycles. The number of hydrogen-bond donors (Lipinski definition) is 1. The summed E-state index contributed by atoms with van der Waals surface area (Å²) in [5.41, 5.74) is 1.65. The fraction of sp³-hybridized carbons (Fsp3) is 0.300. The Balaban J connectivity index is 2.38. The molecule has 0 aliphatic heterocycles. The van der Waals surface area contributed by atoms with Crippen LogP contribution in [0.5, 0.6) is 11.5 Å². The van der Waals surface area contributed by atoms with Gasteiger partial charge in [0.15, 0.2) is 11.5 Å². The molecular formula is C20H20O7S. The van der Waals surface area contributed by atoms with Crippen LogP contribution >= 0.6 is 11.3 Å². The largest absolute Gasteiger partial charge is 0.507 e. The lowest BCUT2D eigenvalue weighted by atomic mass is 9.71. The smallest absolute Gasteiger partial charge is 0.338 e. The highest BCUT2D eigenvalue weighted by atomic mass is 32.1. The normalized spacial score (nSPS) is 18.3. The number of carbonyl (C=O) groups is 2. The zero-order chi connectivity index (χ0) is 20.4. The maximum absolute atomic E-state index is 12.7. The monoisotopic (exact) mass is 404 g/mol. The van der Waals surface area contributed by atoms with Crippen molar-refractivity contribution in [3.05, 3.63) is 51.2 Å². The number of carbonyl (C=O) groups excluding carboxylic acids is 2. The summed E-state index contributed by atoms with van der Waals surface area (Å²) in [6.45, 7) is 0. The molecular weight excluding hydrogens is 384 g/mol. The van der Waals surface area contributed by atoms with Crippen LogP contribution in [0.25, 0.3) is 5.76 Å². The van der Waals surface area contributed by atoms with Gasteiger partial charge in [-0.1, -0.05) is 0 Å². The van der Waals surface area contributed by atoms with E-state index in [2.05, 4.69) is 0 Å². The molecule has 28 heavy (non-hydrogen) atoms. The van der Waals surface area contributed by atoms with E-state index in [1.54, 1.807) is 12.1 Å². The number of methoxy groups -OCH3 is 4. The van der Waals surface area contributed by atoms with Crippen LogP contribution < -0.4 is 9.47 Å². The van der Waals surface area contributed by atoms with E-state index < -0.39 is 23.8 Å². The van der Waals surface area contributed by atoms with Gasteiger partial charge in [0, 0.05) is 11.5 Å². The molecule has 2 aromatic rings. The highest BCUT2D eigenvalue weighted by molar-refractivity contribution is 7.08. The van der Waals surface area contributed by atoms with Gasteiger partial charge in [-0.05, 0) is 40.1 Å². The third-order valence-electron chi connectivity index (χ3n) is 4.81. The van der Waals surface area contributed by atoms with Gasteiger partial charge in [0.25, 0.3) is 0 Å². The molecule has 0 amide bonds. The van der Waals surface area contributed by atoms with E-state index in [1.165, 1.54) is 39.8 Å². The van der Waals surface area contributed by atoms with E-state index in [-0.39, 0.29) is 11.3 Å². The van der Waals surface area contributed by atoms with Crippen molar-refractivity contribution < 1.29 is 33.6 Å². The van der Waals surface area contributed by atoms with Crippen molar-refractivity contribution in [3.63, 3.8) is 0 Å². The molecule has 1 aliphatic rings. The van der Waals surface area contributed by atoms with Crippen LogP contribution in [0.2, 0.25) is 0 Å². The number of aliphatic hydroxyl groups is 1. The lowest BCUT2D eigenvalue weighted by molar-refractivity contribution is -0.148. The molecule has 0 saturated heterocycles.